The number of ketones is 1. The number of aromatic hydroxyl groups is 1. The zero-order valence-electron chi connectivity index (χ0n) is 12.7. The molecule has 1 aromatic rings. The van der Waals surface area contributed by atoms with E-state index in [1.165, 1.54) is 19.2 Å². The normalized spacial score (nSPS) is 37.0. The first-order valence-electron chi connectivity index (χ1n) is 7.30. The molecule has 6 nitrogen and oxygen atoms in total. The van der Waals surface area contributed by atoms with E-state index in [0.717, 1.165) is 0 Å². The van der Waals surface area contributed by atoms with Gasteiger partial charge >= 0.3 is 0 Å². The predicted molar refractivity (Wildman–Crippen MR) is 77.3 cm³/mol. The summed E-state index contributed by atoms with van der Waals surface area (Å²) in [6, 6.07) is 2.84. The largest absolute Gasteiger partial charge is 0.507 e. The van der Waals surface area contributed by atoms with Crippen molar-refractivity contribution in [2.75, 3.05) is 7.11 Å². The zero-order chi connectivity index (χ0) is 16.2. The van der Waals surface area contributed by atoms with Crippen LogP contribution in [0.3, 0.4) is 0 Å². The molecule has 0 bridgehead atoms. The van der Waals surface area contributed by atoms with Crippen LogP contribution in [-0.2, 0) is 0 Å². The molecule has 3 N–H and O–H groups in total. The van der Waals surface area contributed by atoms with Crippen LogP contribution >= 0.6 is 0 Å². The van der Waals surface area contributed by atoms with Crippen LogP contribution in [0.1, 0.15) is 30.6 Å². The average Bonchev–Trinajstić information content (AvgIpc) is 2.43. The number of carbonyl (C=O) groups is 1. The number of Topliss-reactive ketones (excluding diaryl/α,β-unsaturated/α-hetero) is 1. The lowest BCUT2D eigenvalue weighted by atomic mass is 9.64. The van der Waals surface area contributed by atoms with Crippen LogP contribution in [0.2, 0.25) is 0 Å². The molecule has 120 valence electrons. The van der Waals surface area contributed by atoms with Gasteiger partial charge in [0.1, 0.15) is 28.4 Å². The smallest absolute Gasteiger partial charge is 0.180 e. The van der Waals surface area contributed by atoms with Gasteiger partial charge in [0.25, 0.3) is 0 Å². The van der Waals surface area contributed by atoms with Crippen molar-refractivity contribution >= 4 is 5.78 Å². The lowest BCUT2D eigenvalue weighted by molar-refractivity contribution is -0.157. The monoisotopic (exact) mass is 308 g/mol. The van der Waals surface area contributed by atoms with Gasteiger partial charge in [0.15, 0.2) is 5.78 Å². The molecule has 1 aromatic carbocycles. The summed E-state index contributed by atoms with van der Waals surface area (Å²) in [5.74, 6) is -1.26. The van der Waals surface area contributed by atoms with Gasteiger partial charge in [-0.05, 0) is 19.3 Å². The van der Waals surface area contributed by atoms with Crippen molar-refractivity contribution in [1.29, 1.82) is 0 Å². The number of aliphatic hydroxyl groups is 2. The number of ether oxygens (including phenoxy) is 2. The van der Waals surface area contributed by atoms with Gasteiger partial charge in [0.05, 0.1) is 25.2 Å². The molecule has 0 saturated heterocycles. The van der Waals surface area contributed by atoms with Crippen LogP contribution in [0.5, 0.6) is 17.2 Å². The predicted octanol–water partition coefficient (Wildman–Crippen LogP) is 1.11. The molecule has 6 heteroatoms. The summed E-state index contributed by atoms with van der Waals surface area (Å²) in [5.41, 5.74) is -1.20. The Morgan fingerprint density at radius 1 is 1.36 bits per heavy atom. The number of carbonyl (C=O) groups excluding carboxylic acids is 1. The van der Waals surface area contributed by atoms with Gasteiger partial charge in [-0.2, -0.15) is 0 Å². The molecular formula is C16H20O6. The summed E-state index contributed by atoms with van der Waals surface area (Å²) >= 11 is 0. The number of fused-ring (bicyclic) bond motifs is 2. The molecular weight excluding hydrogens is 288 g/mol. The van der Waals surface area contributed by atoms with E-state index in [2.05, 4.69) is 0 Å². The molecule has 1 saturated carbocycles. The van der Waals surface area contributed by atoms with Crippen molar-refractivity contribution in [3.8, 4) is 17.2 Å². The molecule has 0 amide bonds. The van der Waals surface area contributed by atoms with Gasteiger partial charge in [-0.15, -0.1) is 0 Å². The van der Waals surface area contributed by atoms with Crippen molar-refractivity contribution in [3.05, 3.63) is 17.7 Å². The van der Waals surface area contributed by atoms with E-state index >= 15 is 0 Å². The fraction of sp³-hybridized carbons (Fsp3) is 0.562. The Hall–Kier alpha value is -1.79. The molecule has 22 heavy (non-hydrogen) atoms. The van der Waals surface area contributed by atoms with Crippen LogP contribution in [0, 0.1) is 11.8 Å². The summed E-state index contributed by atoms with van der Waals surface area (Å²) in [6.07, 6.45) is -1.51. The average molecular weight is 308 g/mol. The first-order chi connectivity index (χ1) is 10.3. The fourth-order valence-corrected chi connectivity index (χ4v) is 3.75. The molecule has 1 fully saturated rings. The van der Waals surface area contributed by atoms with E-state index in [4.69, 9.17) is 9.47 Å². The molecule has 1 aliphatic heterocycles. The van der Waals surface area contributed by atoms with E-state index in [1.807, 2.05) is 6.92 Å². The third-order valence-electron chi connectivity index (χ3n) is 4.89. The summed E-state index contributed by atoms with van der Waals surface area (Å²) in [6.45, 7) is 3.43. The Balaban J connectivity index is 2.16. The van der Waals surface area contributed by atoms with Crippen molar-refractivity contribution < 1.29 is 29.6 Å². The number of aliphatic hydroxyl groups excluding tert-OH is 2. The van der Waals surface area contributed by atoms with E-state index in [-0.39, 0.29) is 23.0 Å². The maximum atomic E-state index is 12.8. The number of benzene rings is 1. The van der Waals surface area contributed by atoms with Gasteiger partial charge in [0, 0.05) is 12.1 Å². The first kappa shape index (κ1) is 15.1. The maximum Gasteiger partial charge on any atom is 0.180 e. The van der Waals surface area contributed by atoms with E-state index < -0.39 is 29.5 Å². The Morgan fingerprint density at radius 2 is 2.05 bits per heavy atom. The molecule has 0 spiro atoms. The molecule has 0 aromatic heterocycles. The van der Waals surface area contributed by atoms with Gasteiger partial charge < -0.3 is 24.8 Å². The number of rotatable bonds is 1. The second-order valence-electron chi connectivity index (χ2n) is 6.37. The van der Waals surface area contributed by atoms with Crippen molar-refractivity contribution in [2.45, 2.75) is 38.1 Å². The summed E-state index contributed by atoms with van der Waals surface area (Å²) in [7, 11) is 1.44. The van der Waals surface area contributed by atoms with Crippen molar-refractivity contribution in [2.24, 2.45) is 11.8 Å². The second kappa shape index (κ2) is 4.86. The molecule has 1 heterocycles. The minimum atomic E-state index is -1.24. The minimum absolute atomic E-state index is 0.0316. The lowest BCUT2D eigenvalue weighted by Crippen LogP contribution is -2.65. The topological polar surface area (TPSA) is 96.2 Å². The third-order valence-corrected chi connectivity index (χ3v) is 4.89. The summed E-state index contributed by atoms with van der Waals surface area (Å²) in [5, 5.41) is 30.9. The van der Waals surface area contributed by atoms with Crippen LogP contribution in [0.25, 0.3) is 0 Å². The Bertz CT molecular complexity index is 627. The standard InChI is InChI=1S/C16H20O6/c1-7-4-10(18)13-14(19)12-9(17)5-8(21-3)6-11(12)22-16(13,2)15(7)20/h5-7,10,13,15,17-18,20H,4H2,1-3H3/t7-,10-,13+,15-,16-/m0/s1. The van der Waals surface area contributed by atoms with E-state index in [1.54, 1.807) is 6.92 Å². The van der Waals surface area contributed by atoms with Crippen LogP contribution < -0.4 is 9.47 Å². The Kier molecular flexibility index (Phi) is 3.34. The fourth-order valence-electron chi connectivity index (χ4n) is 3.75. The highest BCUT2D eigenvalue weighted by Crippen LogP contribution is 2.49. The number of hydrogen-bond acceptors (Lipinski definition) is 6. The van der Waals surface area contributed by atoms with Crippen LogP contribution in [-0.4, -0.2) is 46.0 Å². The van der Waals surface area contributed by atoms with E-state index in [0.29, 0.717) is 12.2 Å². The highest BCUT2D eigenvalue weighted by atomic mass is 16.5. The molecule has 0 unspecified atom stereocenters. The number of methoxy groups -OCH3 is 1. The molecule has 0 radical (unpaired) electrons. The maximum absolute atomic E-state index is 12.8. The number of phenols is 1. The SMILES string of the molecule is COc1cc(O)c2c(c1)O[C@]1(C)[C@@H](O)[C@@H](C)C[C@H](O)[C@@H]1C2=O. The van der Waals surface area contributed by atoms with Crippen molar-refractivity contribution in [3.63, 3.8) is 0 Å². The zero-order valence-corrected chi connectivity index (χ0v) is 12.7. The Morgan fingerprint density at radius 3 is 2.68 bits per heavy atom. The molecule has 2 aliphatic rings. The quantitative estimate of drug-likeness (QED) is 0.719. The lowest BCUT2D eigenvalue weighted by Gasteiger charge is -2.51. The van der Waals surface area contributed by atoms with Crippen molar-refractivity contribution in [1.82, 2.24) is 0 Å². The molecule has 5 atom stereocenters. The van der Waals surface area contributed by atoms with Crippen LogP contribution in [0.15, 0.2) is 12.1 Å². The molecule has 3 rings (SSSR count). The number of hydrogen-bond donors (Lipinski definition) is 3. The van der Waals surface area contributed by atoms with Gasteiger partial charge in [-0.1, -0.05) is 6.92 Å². The number of phenolic OH excluding ortho intramolecular Hbond substituents is 1. The molecule has 1 aliphatic carbocycles. The van der Waals surface area contributed by atoms with E-state index in [9.17, 15) is 20.1 Å². The highest BCUT2D eigenvalue weighted by molar-refractivity contribution is 6.05. The minimum Gasteiger partial charge on any atom is -0.507 e. The van der Waals surface area contributed by atoms with Gasteiger partial charge in [-0.25, -0.2) is 0 Å². The second-order valence-corrected chi connectivity index (χ2v) is 6.37. The van der Waals surface area contributed by atoms with Gasteiger partial charge in [0.2, 0.25) is 0 Å². The van der Waals surface area contributed by atoms with Crippen LogP contribution in [0.4, 0.5) is 0 Å². The summed E-state index contributed by atoms with van der Waals surface area (Å²) in [4.78, 5) is 12.8. The van der Waals surface area contributed by atoms with Gasteiger partial charge in [-0.3, -0.25) is 4.79 Å². The summed E-state index contributed by atoms with van der Waals surface area (Å²) < 4.78 is 11.0. The third kappa shape index (κ3) is 1.90. The Labute approximate surface area is 128 Å². The highest BCUT2D eigenvalue weighted by Gasteiger charge is 2.59. The first-order valence-corrected chi connectivity index (χ1v) is 7.30.